The van der Waals surface area contributed by atoms with Gasteiger partial charge in [-0.25, -0.2) is 0 Å². The van der Waals surface area contributed by atoms with E-state index in [2.05, 4.69) is 68.3 Å². The van der Waals surface area contributed by atoms with Crippen molar-refractivity contribution in [1.82, 2.24) is 9.80 Å². The number of carbonyl (C=O) groups excluding carboxylic acids is 4. The molecule has 64 heavy (non-hydrogen) atoms. The number of nitrogens with zero attached hydrogens (tertiary/aromatic N) is 2. The molecule has 6 nitrogen and oxygen atoms in total. The van der Waals surface area contributed by atoms with E-state index in [1.54, 1.807) is 6.08 Å². The van der Waals surface area contributed by atoms with Crippen molar-refractivity contribution in [1.29, 1.82) is 0 Å². The van der Waals surface area contributed by atoms with Crippen molar-refractivity contribution in [2.75, 3.05) is 13.1 Å². The van der Waals surface area contributed by atoms with Crippen LogP contribution in [-0.2, 0) is 14.4 Å². The monoisotopic (exact) mass is 850 g/mol. The van der Waals surface area contributed by atoms with Gasteiger partial charge in [0.05, 0.1) is 5.57 Å². The van der Waals surface area contributed by atoms with E-state index in [4.69, 9.17) is 6.42 Å². The molecule has 328 valence electrons. The standard InChI is InChI=1S/C58H62N2O4/c1-6-9-11-13-17-38-59-54(61)21-16-15-20-49-40(4)50(56(59)62)35-36-51(49)47-32-28-45(29-33-47)43-24-22-42(23-25-43)44-26-30-46(31-27-44)48-34-37-53-55(41(48)5)52(19-8-3)57(63)60(58(53)64)39-18-14-12-10-7-2/h3,15-16,19-22,24,26,28,30,32,34,37H,6-7,9-14,17-18,23,25,29,33,35-36,38-39H2,1-2,4-5H3/b20-15-,21-16+,52-19+. The number of fused-ring (bicyclic) bond motifs is 2. The van der Waals surface area contributed by atoms with Gasteiger partial charge in [-0.2, -0.15) is 0 Å². The molecule has 2 heterocycles. The topological polar surface area (TPSA) is 74.8 Å². The third kappa shape index (κ3) is 9.93. The van der Waals surface area contributed by atoms with Gasteiger partial charge in [0, 0.05) is 53.1 Å². The minimum Gasteiger partial charge on any atom is -0.275 e. The molecule has 6 heteroatoms. The van der Waals surface area contributed by atoms with Crippen molar-refractivity contribution < 1.29 is 19.2 Å². The fourth-order valence-electron chi connectivity index (χ4n) is 9.84. The Morgan fingerprint density at radius 3 is 1.78 bits per heavy atom. The molecule has 3 aliphatic carbocycles. The quantitative estimate of drug-likeness (QED) is 0.0730. The molecular formula is C58H62N2O4. The number of terminal acetylenes is 1. The second-order valence-electron chi connectivity index (χ2n) is 17.7. The maximum Gasteiger partial charge on any atom is 0.262 e. The van der Waals surface area contributed by atoms with E-state index in [-0.39, 0.29) is 23.6 Å². The van der Waals surface area contributed by atoms with Gasteiger partial charge >= 0.3 is 0 Å². The van der Waals surface area contributed by atoms with Crippen LogP contribution in [0.25, 0.3) is 22.3 Å². The number of hydrogen-bond donors (Lipinski definition) is 0. The first-order valence-corrected chi connectivity index (χ1v) is 23.7. The highest BCUT2D eigenvalue weighted by molar-refractivity contribution is 6.31. The molecule has 0 fully saturated rings. The number of amides is 4. The molecule has 2 bridgehead atoms. The number of rotatable bonds is 16. The first-order chi connectivity index (χ1) is 31.2. The third-order valence-electron chi connectivity index (χ3n) is 13.6. The summed E-state index contributed by atoms with van der Waals surface area (Å²) < 4.78 is 0. The summed E-state index contributed by atoms with van der Waals surface area (Å²) in [7, 11) is 0. The molecule has 0 unspecified atom stereocenters. The van der Waals surface area contributed by atoms with Crippen LogP contribution in [0.4, 0.5) is 0 Å². The summed E-state index contributed by atoms with van der Waals surface area (Å²) in [5.74, 6) is 1.59. The maximum atomic E-state index is 13.9. The van der Waals surface area contributed by atoms with Crippen LogP contribution in [-0.4, -0.2) is 46.5 Å². The zero-order chi connectivity index (χ0) is 45.2. The lowest BCUT2D eigenvalue weighted by Gasteiger charge is -2.30. The fourth-order valence-corrected chi connectivity index (χ4v) is 9.84. The zero-order valence-corrected chi connectivity index (χ0v) is 38.3. The Morgan fingerprint density at radius 1 is 0.594 bits per heavy atom. The predicted molar refractivity (Wildman–Crippen MR) is 259 cm³/mol. The summed E-state index contributed by atoms with van der Waals surface area (Å²) in [6.07, 6.45) is 39.1. The van der Waals surface area contributed by atoms with Gasteiger partial charge in [0.2, 0.25) is 0 Å². The Hall–Kier alpha value is -6.24. The molecule has 0 saturated carbocycles. The molecule has 2 aromatic carbocycles. The first-order valence-electron chi connectivity index (χ1n) is 23.7. The average Bonchev–Trinajstić information content (AvgIpc) is 3.31. The fraction of sp³-hybridized carbons (Fsp3) is 0.379. The van der Waals surface area contributed by atoms with Crippen LogP contribution < -0.4 is 0 Å². The van der Waals surface area contributed by atoms with Crippen molar-refractivity contribution in [3.8, 4) is 23.5 Å². The molecule has 0 aromatic heterocycles. The van der Waals surface area contributed by atoms with Crippen LogP contribution in [0.15, 0.2) is 118 Å². The number of allylic oxidation sites excluding steroid dienone is 15. The van der Waals surface area contributed by atoms with Crippen molar-refractivity contribution in [3.63, 3.8) is 0 Å². The SMILES string of the molecule is C#C/C=C1/C(=O)N(CCCCCCC)C(=O)c2ccc(-c3c#cc(C4=CC=C(C5=CC=C(C6=C7/C=C\C=C\C(=O)N(CCCCCCC)C(=O)C(=C7C)CC6)CC5)CC4)cc3)c(C)c21. The van der Waals surface area contributed by atoms with Crippen molar-refractivity contribution in [3.05, 3.63) is 152 Å². The zero-order valence-electron chi connectivity index (χ0n) is 38.3. The molecule has 7 rings (SSSR count). The van der Waals surface area contributed by atoms with Crippen molar-refractivity contribution >= 4 is 34.8 Å². The minimum absolute atomic E-state index is 0.137. The normalized spacial score (nSPS) is 19.5. The summed E-state index contributed by atoms with van der Waals surface area (Å²) in [6.45, 7) is 9.19. The minimum atomic E-state index is -0.327. The Kier molecular flexibility index (Phi) is 15.3. The lowest BCUT2D eigenvalue weighted by molar-refractivity contribution is -0.139. The second kappa shape index (κ2) is 21.4. The number of benzene rings is 1. The Labute approximate surface area is 381 Å². The number of imide groups is 2. The highest BCUT2D eigenvalue weighted by Gasteiger charge is 2.36. The summed E-state index contributed by atoms with van der Waals surface area (Å²) >= 11 is 0. The van der Waals surface area contributed by atoms with E-state index in [0.717, 1.165) is 129 Å². The number of hydrogen-bond acceptors (Lipinski definition) is 4. The second-order valence-corrected chi connectivity index (χ2v) is 17.7. The van der Waals surface area contributed by atoms with E-state index >= 15 is 0 Å². The van der Waals surface area contributed by atoms with Gasteiger partial charge < -0.3 is 0 Å². The summed E-state index contributed by atoms with van der Waals surface area (Å²) in [5, 5.41) is 0. The van der Waals surface area contributed by atoms with Gasteiger partial charge in [0.1, 0.15) is 0 Å². The van der Waals surface area contributed by atoms with E-state index in [1.165, 1.54) is 56.2 Å². The Morgan fingerprint density at radius 2 is 1.16 bits per heavy atom. The lowest BCUT2D eigenvalue weighted by Crippen LogP contribution is -2.42. The number of unbranched alkanes of at least 4 members (excludes halogenated alkanes) is 8. The lowest BCUT2D eigenvalue weighted by atomic mass is 9.78. The van der Waals surface area contributed by atoms with Crippen molar-refractivity contribution in [2.24, 2.45) is 0 Å². The molecule has 0 spiro atoms. The van der Waals surface area contributed by atoms with Crippen LogP contribution >= 0.6 is 0 Å². The number of carbonyl (C=O) groups is 4. The molecule has 0 N–H and O–H groups in total. The largest absolute Gasteiger partial charge is 0.275 e. The van der Waals surface area contributed by atoms with Gasteiger partial charge in [-0.05, 0) is 134 Å². The van der Waals surface area contributed by atoms with Crippen LogP contribution in [0.2, 0.25) is 0 Å². The van der Waals surface area contributed by atoms with Gasteiger partial charge in [-0.15, -0.1) is 6.42 Å². The molecule has 2 aliphatic heterocycles. The summed E-state index contributed by atoms with van der Waals surface area (Å²) in [6, 6.07) is 14.7. The maximum absolute atomic E-state index is 13.9. The van der Waals surface area contributed by atoms with Crippen LogP contribution in [0.1, 0.15) is 151 Å². The van der Waals surface area contributed by atoms with E-state index in [1.807, 2.05) is 38.1 Å². The molecule has 4 amide bonds. The van der Waals surface area contributed by atoms with Gasteiger partial charge in [-0.3, -0.25) is 29.0 Å². The van der Waals surface area contributed by atoms with Gasteiger partial charge in [0.25, 0.3) is 23.6 Å². The average molecular weight is 851 g/mol. The Bertz CT molecular complexity index is 2520. The molecule has 0 atom stereocenters. The van der Waals surface area contributed by atoms with Crippen LogP contribution in [0, 0.1) is 31.4 Å². The third-order valence-corrected chi connectivity index (χ3v) is 13.6. The van der Waals surface area contributed by atoms with E-state index in [0.29, 0.717) is 36.2 Å². The summed E-state index contributed by atoms with van der Waals surface area (Å²) in [4.78, 5) is 57.1. The molecule has 0 radical (unpaired) electrons. The van der Waals surface area contributed by atoms with Crippen LogP contribution in [0.3, 0.4) is 0 Å². The molecule has 0 saturated heterocycles. The molecule has 5 aliphatic rings. The predicted octanol–water partition coefficient (Wildman–Crippen LogP) is 12.8. The summed E-state index contributed by atoms with van der Waals surface area (Å²) in [5.41, 5.74) is 14.5. The van der Waals surface area contributed by atoms with Gasteiger partial charge in [0.15, 0.2) is 0 Å². The Balaban J connectivity index is 1.05. The molecule has 2 aromatic rings. The van der Waals surface area contributed by atoms with Crippen molar-refractivity contribution in [2.45, 2.75) is 130 Å². The van der Waals surface area contributed by atoms with Crippen LogP contribution in [0.5, 0.6) is 0 Å². The first kappa shape index (κ1) is 45.8. The highest BCUT2D eigenvalue weighted by Crippen LogP contribution is 2.42. The smallest absolute Gasteiger partial charge is 0.262 e. The highest BCUT2D eigenvalue weighted by atomic mass is 16.2. The van der Waals surface area contributed by atoms with Gasteiger partial charge in [-0.1, -0.05) is 132 Å². The van der Waals surface area contributed by atoms with E-state index < -0.39 is 0 Å². The van der Waals surface area contributed by atoms with E-state index in [9.17, 15) is 19.2 Å². The molecular weight excluding hydrogens is 789 g/mol.